The lowest BCUT2D eigenvalue weighted by molar-refractivity contribution is 0.0525. The maximum atomic E-state index is 11.4. The minimum atomic E-state index is -0.466. The Morgan fingerprint density at radius 3 is 2.73 bits per heavy atom. The van der Waals surface area contributed by atoms with E-state index >= 15 is 0 Å². The van der Waals surface area contributed by atoms with Crippen molar-refractivity contribution in [2.24, 2.45) is 7.05 Å². The molecule has 0 saturated heterocycles. The number of hydrogen-bond acceptors (Lipinski definition) is 4. The topological polar surface area (TPSA) is 57.5 Å². The van der Waals surface area contributed by atoms with E-state index in [1.807, 2.05) is 0 Å². The summed E-state index contributed by atoms with van der Waals surface area (Å²) in [4.78, 5) is 22.8. The highest BCUT2D eigenvalue weighted by Crippen LogP contribution is 2.07. The van der Waals surface area contributed by atoms with Crippen LogP contribution in [0.5, 0.6) is 5.75 Å². The highest BCUT2D eigenvalue weighted by atomic mass is 16.5. The summed E-state index contributed by atoms with van der Waals surface area (Å²) in [6.45, 7) is 2.01. The maximum absolute atomic E-state index is 11.4. The molecule has 1 aromatic rings. The first-order valence-corrected chi connectivity index (χ1v) is 4.52. The third kappa shape index (κ3) is 2.37. The lowest BCUT2D eigenvalue weighted by Gasteiger charge is -2.06. The number of ether oxygens (including phenoxy) is 2. The Hall–Kier alpha value is -1.78. The second-order valence-corrected chi connectivity index (χ2v) is 2.93. The predicted octanol–water partition coefficient (Wildman–Crippen LogP) is 0.571. The van der Waals surface area contributed by atoms with Gasteiger partial charge in [-0.05, 0) is 6.92 Å². The molecule has 0 amide bonds. The number of aromatic nitrogens is 1. The van der Waals surface area contributed by atoms with Crippen LogP contribution in [0.2, 0.25) is 0 Å². The number of carbonyl (C=O) groups is 1. The van der Waals surface area contributed by atoms with E-state index in [0.29, 0.717) is 12.2 Å². The molecule has 0 bridgehead atoms. The van der Waals surface area contributed by atoms with Crippen LogP contribution in [0.15, 0.2) is 17.1 Å². The third-order valence-corrected chi connectivity index (χ3v) is 1.88. The zero-order chi connectivity index (χ0) is 11.4. The Labute approximate surface area is 87.2 Å². The Morgan fingerprint density at radius 1 is 1.53 bits per heavy atom. The predicted molar refractivity (Wildman–Crippen MR) is 54.2 cm³/mol. The lowest BCUT2D eigenvalue weighted by Crippen LogP contribution is -2.20. The van der Waals surface area contributed by atoms with Gasteiger partial charge in [0, 0.05) is 19.3 Å². The molecule has 5 nitrogen and oxygen atoms in total. The number of nitrogens with zero attached hydrogens (tertiary/aromatic N) is 1. The molecule has 15 heavy (non-hydrogen) atoms. The van der Waals surface area contributed by atoms with Gasteiger partial charge in [0.05, 0.1) is 19.3 Å². The highest BCUT2D eigenvalue weighted by Gasteiger charge is 2.11. The SMILES string of the molecule is CCOC(=O)c1cc(OC)c(=O)n(C)c1. The summed E-state index contributed by atoms with van der Waals surface area (Å²) >= 11 is 0. The Balaban J connectivity index is 3.16. The molecule has 0 N–H and O–H groups in total. The van der Waals surface area contributed by atoms with Gasteiger partial charge in [-0.2, -0.15) is 0 Å². The van der Waals surface area contributed by atoms with Gasteiger partial charge in [-0.1, -0.05) is 0 Å². The molecule has 0 aliphatic heterocycles. The van der Waals surface area contributed by atoms with Gasteiger partial charge in [-0.25, -0.2) is 4.79 Å². The van der Waals surface area contributed by atoms with Crippen LogP contribution in [0.25, 0.3) is 0 Å². The molecule has 0 spiro atoms. The molecule has 0 aromatic carbocycles. The van der Waals surface area contributed by atoms with Crippen LogP contribution in [0.1, 0.15) is 17.3 Å². The minimum Gasteiger partial charge on any atom is -0.491 e. The molecule has 0 fully saturated rings. The van der Waals surface area contributed by atoms with Gasteiger partial charge in [0.15, 0.2) is 5.75 Å². The minimum absolute atomic E-state index is 0.128. The summed E-state index contributed by atoms with van der Waals surface area (Å²) in [5, 5.41) is 0. The lowest BCUT2D eigenvalue weighted by atomic mass is 10.2. The molecule has 0 radical (unpaired) electrons. The van der Waals surface area contributed by atoms with Gasteiger partial charge in [0.25, 0.3) is 5.56 Å². The second kappa shape index (κ2) is 4.63. The van der Waals surface area contributed by atoms with Crippen LogP contribution < -0.4 is 10.3 Å². The van der Waals surface area contributed by atoms with Crippen molar-refractivity contribution in [2.75, 3.05) is 13.7 Å². The monoisotopic (exact) mass is 211 g/mol. The highest BCUT2D eigenvalue weighted by molar-refractivity contribution is 5.89. The van der Waals surface area contributed by atoms with Crippen molar-refractivity contribution in [3.8, 4) is 5.75 Å². The van der Waals surface area contributed by atoms with E-state index < -0.39 is 5.97 Å². The van der Waals surface area contributed by atoms with E-state index in [0.717, 1.165) is 0 Å². The van der Waals surface area contributed by atoms with Crippen LogP contribution in [0.3, 0.4) is 0 Å². The van der Waals surface area contributed by atoms with Crippen molar-refractivity contribution in [3.05, 3.63) is 28.2 Å². The molecular formula is C10H13NO4. The molecule has 1 aromatic heterocycles. The van der Waals surface area contributed by atoms with Crippen LogP contribution in [-0.4, -0.2) is 24.3 Å². The fraction of sp³-hybridized carbons (Fsp3) is 0.400. The standard InChI is InChI=1S/C10H13NO4/c1-4-15-10(13)7-5-8(14-3)9(12)11(2)6-7/h5-6H,4H2,1-3H3. The number of esters is 1. The smallest absolute Gasteiger partial charge is 0.339 e. The summed E-state index contributed by atoms with van der Waals surface area (Å²) in [6.07, 6.45) is 1.42. The summed E-state index contributed by atoms with van der Waals surface area (Å²) in [5.41, 5.74) is 0.0151. The molecule has 0 saturated carbocycles. The van der Waals surface area contributed by atoms with Gasteiger partial charge < -0.3 is 14.0 Å². The molecule has 0 aliphatic carbocycles. The summed E-state index contributed by atoms with van der Waals surface area (Å²) in [7, 11) is 2.93. The van der Waals surface area contributed by atoms with Crippen LogP contribution in [0.4, 0.5) is 0 Å². The number of hydrogen-bond donors (Lipinski definition) is 0. The number of carbonyl (C=O) groups excluding carboxylic acids is 1. The van der Waals surface area contributed by atoms with Gasteiger partial charge in [0.2, 0.25) is 0 Å². The van der Waals surface area contributed by atoms with Crippen molar-refractivity contribution >= 4 is 5.97 Å². The van der Waals surface area contributed by atoms with Crippen LogP contribution in [-0.2, 0) is 11.8 Å². The first-order chi connectivity index (χ1) is 7.10. The fourth-order valence-corrected chi connectivity index (χ4v) is 1.15. The van der Waals surface area contributed by atoms with Crippen molar-refractivity contribution in [3.63, 3.8) is 0 Å². The van der Waals surface area contributed by atoms with Crippen molar-refractivity contribution in [1.29, 1.82) is 0 Å². The molecule has 1 rings (SSSR count). The molecule has 5 heteroatoms. The van der Waals surface area contributed by atoms with E-state index in [2.05, 4.69) is 0 Å². The van der Waals surface area contributed by atoms with Crippen molar-refractivity contribution in [2.45, 2.75) is 6.92 Å². The molecule has 0 atom stereocenters. The van der Waals surface area contributed by atoms with E-state index in [4.69, 9.17) is 9.47 Å². The first-order valence-electron chi connectivity index (χ1n) is 4.52. The van der Waals surface area contributed by atoms with Crippen LogP contribution in [0, 0.1) is 0 Å². The Bertz CT molecular complexity index is 422. The molecule has 0 unspecified atom stereocenters. The summed E-state index contributed by atoms with van der Waals surface area (Å²) < 4.78 is 10.9. The molecule has 82 valence electrons. The number of rotatable bonds is 3. The van der Waals surface area contributed by atoms with Crippen LogP contribution >= 0.6 is 0 Å². The third-order valence-electron chi connectivity index (χ3n) is 1.88. The van der Waals surface area contributed by atoms with Crippen molar-refractivity contribution < 1.29 is 14.3 Å². The Kier molecular flexibility index (Phi) is 3.49. The number of methoxy groups -OCH3 is 1. The van der Waals surface area contributed by atoms with E-state index in [1.54, 1.807) is 14.0 Å². The Morgan fingerprint density at radius 2 is 2.20 bits per heavy atom. The second-order valence-electron chi connectivity index (χ2n) is 2.93. The molecule has 1 heterocycles. The average molecular weight is 211 g/mol. The van der Waals surface area contributed by atoms with Crippen molar-refractivity contribution in [1.82, 2.24) is 4.57 Å². The normalized spacial score (nSPS) is 9.80. The maximum Gasteiger partial charge on any atom is 0.339 e. The van der Waals surface area contributed by atoms with Gasteiger partial charge in [-0.3, -0.25) is 4.79 Å². The molecular weight excluding hydrogens is 198 g/mol. The first kappa shape index (κ1) is 11.3. The largest absolute Gasteiger partial charge is 0.491 e. The summed E-state index contributed by atoms with van der Waals surface area (Å²) in [6, 6.07) is 1.38. The number of aryl methyl sites for hydroxylation is 1. The molecule has 0 aliphatic rings. The van der Waals surface area contributed by atoms with Gasteiger partial charge >= 0.3 is 5.97 Å². The van der Waals surface area contributed by atoms with Gasteiger partial charge in [-0.15, -0.1) is 0 Å². The average Bonchev–Trinajstić information content (AvgIpc) is 2.22. The van der Waals surface area contributed by atoms with Gasteiger partial charge in [0.1, 0.15) is 0 Å². The van der Waals surface area contributed by atoms with E-state index in [9.17, 15) is 9.59 Å². The van der Waals surface area contributed by atoms with E-state index in [-0.39, 0.29) is 11.3 Å². The zero-order valence-corrected chi connectivity index (χ0v) is 8.94. The van der Waals surface area contributed by atoms with E-state index in [1.165, 1.54) is 23.9 Å². The summed E-state index contributed by atoms with van der Waals surface area (Å²) in [5.74, 6) is -0.338. The fourth-order valence-electron chi connectivity index (χ4n) is 1.15. The zero-order valence-electron chi connectivity index (χ0n) is 8.94. The quantitative estimate of drug-likeness (QED) is 0.686. The number of pyridine rings is 1.